The van der Waals surface area contributed by atoms with Crippen LogP contribution in [0.3, 0.4) is 0 Å². The number of halogens is 1. The molecular weight excluding hydrogens is 189 g/mol. The van der Waals surface area contributed by atoms with Crippen LogP contribution in [-0.4, -0.2) is 10.7 Å². The Morgan fingerprint density at radius 3 is 2.71 bits per heavy atom. The third kappa shape index (κ3) is 1.82. The molecule has 5 heteroatoms. The fourth-order valence-electron chi connectivity index (χ4n) is 0.975. The van der Waals surface area contributed by atoms with Crippen LogP contribution in [0.15, 0.2) is 30.9 Å². The lowest BCUT2D eigenvalue weighted by atomic mass is 10.1. The Balaban J connectivity index is 3.36. The molecule has 4 nitrogen and oxygen atoms in total. The maximum absolute atomic E-state index is 12.7. The van der Waals surface area contributed by atoms with E-state index in [-0.39, 0.29) is 5.56 Å². The van der Waals surface area contributed by atoms with E-state index in [2.05, 4.69) is 6.58 Å². The van der Waals surface area contributed by atoms with Crippen molar-refractivity contribution in [1.82, 2.24) is 0 Å². The Bertz CT molecular complexity index is 415. The summed E-state index contributed by atoms with van der Waals surface area (Å²) in [4.78, 5) is 20.8. The van der Waals surface area contributed by atoms with Crippen molar-refractivity contribution < 1.29 is 14.1 Å². The second kappa shape index (κ2) is 3.78. The summed E-state index contributed by atoms with van der Waals surface area (Å²) in [5, 5.41) is 10.5. The van der Waals surface area contributed by atoms with Crippen LogP contribution in [0, 0.1) is 15.9 Å². The standard InChI is InChI=1S/C9H6FNO3/c1-2-9(12)7-5-6(10)3-4-8(7)11(13)14/h2-5H,1H2. The Kier molecular flexibility index (Phi) is 2.71. The molecule has 0 saturated carbocycles. The Morgan fingerprint density at radius 1 is 1.57 bits per heavy atom. The highest BCUT2D eigenvalue weighted by atomic mass is 19.1. The number of carbonyl (C=O) groups excluding carboxylic acids is 1. The minimum absolute atomic E-state index is 0.287. The highest BCUT2D eigenvalue weighted by Crippen LogP contribution is 2.20. The van der Waals surface area contributed by atoms with E-state index in [9.17, 15) is 19.3 Å². The zero-order valence-electron chi connectivity index (χ0n) is 7.07. The number of benzene rings is 1. The van der Waals surface area contributed by atoms with Gasteiger partial charge in [-0.25, -0.2) is 4.39 Å². The predicted molar refractivity (Wildman–Crippen MR) is 47.6 cm³/mol. The van der Waals surface area contributed by atoms with Crippen molar-refractivity contribution in [3.05, 3.63) is 52.3 Å². The number of hydrogen-bond acceptors (Lipinski definition) is 3. The molecule has 0 aromatic heterocycles. The van der Waals surface area contributed by atoms with E-state index in [1.165, 1.54) is 0 Å². The summed E-state index contributed by atoms with van der Waals surface area (Å²) >= 11 is 0. The van der Waals surface area contributed by atoms with E-state index in [1.54, 1.807) is 0 Å². The topological polar surface area (TPSA) is 60.2 Å². The molecule has 0 atom stereocenters. The lowest BCUT2D eigenvalue weighted by Crippen LogP contribution is -2.01. The molecule has 0 unspecified atom stereocenters. The van der Waals surface area contributed by atoms with Gasteiger partial charge in [-0.2, -0.15) is 0 Å². The fraction of sp³-hybridized carbons (Fsp3) is 0. The smallest absolute Gasteiger partial charge is 0.280 e. The second-order valence-electron chi connectivity index (χ2n) is 2.49. The number of nitro groups is 1. The number of nitrogens with zero attached hydrogens (tertiary/aromatic N) is 1. The first-order chi connectivity index (χ1) is 6.56. The quantitative estimate of drug-likeness (QED) is 0.321. The van der Waals surface area contributed by atoms with Gasteiger partial charge in [0.1, 0.15) is 11.4 Å². The van der Waals surface area contributed by atoms with Crippen LogP contribution < -0.4 is 0 Å². The first-order valence-corrected chi connectivity index (χ1v) is 3.67. The van der Waals surface area contributed by atoms with Gasteiger partial charge in [-0.3, -0.25) is 14.9 Å². The predicted octanol–water partition coefficient (Wildman–Crippen LogP) is 2.10. The average Bonchev–Trinajstić information content (AvgIpc) is 2.16. The van der Waals surface area contributed by atoms with Gasteiger partial charge in [0.15, 0.2) is 5.78 Å². The van der Waals surface area contributed by atoms with Crippen LogP contribution in [-0.2, 0) is 0 Å². The summed E-state index contributed by atoms with van der Waals surface area (Å²) in [5.41, 5.74) is -0.707. The minimum atomic E-state index is -0.740. The van der Waals surface area contributed by atoms with Gasteiger partial charge in [0.2, 0.25) is 0 Å². The molecule has 1 rings (SSSR count). The second-order valence-corrected chi connectivity index (χ2v) is 2.49. The van der Waals surface area contributed by atoms with Gasteiger partial charge in [-0.15, -0.1) is 0 Å². The van der Waals surface area contributed by atoms with E-state index in [4.69, 9.17) is 0 Å². The van der Waals surface area contributed by atoms with Gasteiger partial charge in [-0.05, 0) is 18.2 Å². The zero-order chi connectivity index (χ0) is 10.7. The normalized spacial score (nSPS) is 9.50. The van der Waals surface area contributed by atoms with Gasteiger partial charge in [0.25, 0.3) is 5.69 Å². The van der Waals surface area contributed by atoms with Gasteiger partial charge in [0, 0.05) is 6.07 Å². The van der Waals surface area contributed by atoms with E-state index in [1.807, 2.05) is 0 Å². The molecule has 0 N–H and O–H groups in total. The molecule has 0 saturated heterocycles. The summed E-state index contributed by atoms with van der Waals surface area (Å²) in [6.07, 6.45) is 0.905. The molecule has 0 aliphatic carbocycles. The number of hydrogen-bond donors (Lipinski definition) is 0. The van der Waals surface area contributed by atoms with E-state index in [0.29, 0.717) is 0 Å². The van der Waals surface area contributed by atoms with Gasteiger partial charge < -0.3 is 0 Å². The van der Waals surface area contributed by atoms with Crippen molar-refractivity contribution in [2.24, 2.45) is 0 Å². The number of ketones is 1. The molecule has 72 valence electrons. The third-order valence-corrected chi connectivity index (χ3v) is 1.61. The SMILES string of the molecule is C=CC(=O)c1cc(F)ccc1[N+](=O)[O-]. The summed E-state index contributed by atoms with van der Waals surface area (Å²) in [5.74, 6) is -1.36. The van der Waals surface area contributed by atoms with Crippen LogP contribution in [0.4, 0.5) is 10.1 Å². The Morgan fingerprint density at radius 2 is 2.21 bits per heavy atom. The monoisotopic (exact) mass is 195 g/mol. The lowest BCUT2D eigenvalue weighted by molar-refractivity contribution is -0.385. The van der Waals surface area contributed by atoms with E-state index in [0.717, 1.165) is 24.3 Å². The summed E-state index contributed by atoms with van der Waals surface area (Å²) in [6, 6.07) is 2.70. The highest BCUT2D eigenvalue weighted by Gasteiger charge is 2.18. The molecule has 0 spiro atoms. The molecule has 0 heterocycles. The average molecular weight is 195 g/mol. The first kappa shape index (κ1) is 10.0. The van der Waals surface area contributed by atoms with E-state index >= 15 is 0 Å². The number of carbonyl (C=O) groups is 1. The molecule has 0 bridgehead atoms. The van der Waals surface area contributed by atoms with Crippen molar-refractivity contribution in [3.8, 4) is 0 Å². The van der Waals surface area contributed by atoms with Gasteiger partial charge in [-0.1, -0.05) is 6.58 Å². The van der Waals surface area contributed by atoms with Crippen LogP contribution in [0.5, 0.6) is 0 Å². The Hall–Kier alpha value is -2.04. The van der Waals surface area contributed by atoms with Crippen molar-refractivity contribution in [2.45, 2.75) is 0 Å². The van der Waals surface area contributed by atoms with Crippen molar-refractivity contribution >= 4 is 11.5 Å². The number of allylic oxidation sites excluding steroid dienone is 1. The van der Waals surface area contributed by atoms with Crippen molar-refractivity contribution in [1.29, 1.82) is 0 Å². The van der Waals surface area contributed by atoms with Crippen molar-refractivity contribution in [3.63, 3.8) is 0 Å². The molecule has 0 aliphatic rings. The van der Waals surface area contributed by atoms with Crippen LogP contribution in [0.2, 0.25) is 0 Å². The minimum Gasteiger partial charge on any atom is -0.289 e. The van der Waals surface area contributed by atoms with Crippen LogP contribution in [0.25, 0.3) is 0 Å². The van der Waals surface area contributed by atoms with Gasteiger partial charge >= 0.3 is 0 Å². The lowest BCUT2D eigenvalue weighted by Gasteiger charge is -1.98. The third-order valence-electron chi connectivity index (χ3n) is 1.61. The van der Waals surface area contributed by atoms with Crippen molar-refractivity contribution in [2.75, 3.05) is 0 Å². The fourth-order valence-corrected chi connectivity index (χ4v) is 0.975. The summed E-state index contributed by atoms with van der Waals surface area (Å²) in [7, 11) is 0. The van der Waals surface area contributed by atoms with Crippen LogP contribution in [0.1, 0.15) is 10.4 Å². The van der Waals surface area contributed by atoms with Gasteiger partial charge in [0.05, 0.1) is 4.92 Å². The molecule has 0 fully saturated rings. The largest absolute Gasteiger partial charge is 0.289 e. The summed E-state index contributed by atoms with van der Waals surface area (Å²) in [6.45, 7) is 3.17. The molecular formula is C9H6FNO3. The molecule has 0 aliphatic heterocycles. The van der Waals surface area contributed by atoms with Crippen LogP contribution >= 0.6 is 0 Å². The molecule has 0 amide bonds. The number of nitro benzene ring substituents is 1. The first-order valence-electron chi connectivity index (χ1n) is 3.67. The molecule has 1 aromatic carbocycles. The van der Waals surface area contributed by atoms with E-state index < -0.39 is 22.2 Å². The number of rotatable bonds is 3. The maximum Gasteiger partial charge on any atom is 0.280 e. The maximum atomic E-state index is 12.7. The molecule has 0 radical (unpaired) electrons. The Labute approximate surface area is 78.8 Å². The summed E-state index contributed by atoms with van der Waals surface area (Å²) < 4.78 is 12.7. The zero-order valence-corrected chi connectivity index (χ0v) is 7.07. The molecule has 1 aromatic rings. The highest BCUT2D eigenvalue weighted by molar-refractivity contribution is 6.07. The molecule has 14 heavy (non-hydrogen) atoms.